The van der Waals surface area contributed by atoms with Crippen LogP contribution in [-0.4, -0.2) is 5.52 Å². The van der Waals surface area contributed by atoms with Gasteiger partial charge in [0.25, 0.3) is 0 Å². The van der Waals surface area contributed by atoms with Crippen molar-refractivity contribution in [1.29, 1.82) is 0 Å². The third-order valence-electron chi connectivity index (χ3n) is 4.83. The van der Waals surface area contributed by atoms with Gasteiger partial charge in [0, 0.05) is 5.56 Å². The first-order chi connectivity index (χ1) is 12.0. The first-order valence-corrected chi connectivity index (χ1v) is 9.51. The average molecular weight is 354 g/mol. The van der Waals surface area contributed by atoms with Gasteiger partial charge in [0.1, 0.15) is 0 Å². The van der Waals surface area contributed by atoms with Crippen LogP contribution >= 0.6 is 8.58 Å². The Kier molecular flexibility index (Phi) is 7.02. The Morgan fingerprint density at radius 3 is 1.96 bits per heavy atom. The minimum absolute atomic E-state index is 0. The molecule has 1 unspecified atom stereocenters. The van der Waals surface area contributed by atoms with E-state index in [1.807, 2.05) is 25.1 Å². The van der Waals surface area contributed by atoms with Crippen LogP contribution in [0.1, 0.15) is 34.0 Å². The molecule has 3 rings (SSSR count). The molecule has 0 N–H and O–H groups in total. The molecule has 3 aromatic carbocycles. The van der Waals surface area contributed by atoms with Crippen LogP contribution in [0, 0.1) is 27.7 Å². The Morgan fingerprint density at radius 1 is 0.769 bits per heavy atom. The van der Waals surface area contributed by atoms with E-state index in [9.17, 15) is 4.79 Å². The molecule has 1 nitrogen and oxygen atoms in total. The van der Waals surface area contributed by atoms with Crippen LogP contribution in [0.2, 0.25) is 0 Å². The number of carbonyl (C=O) groups excluding carboxylic acids is 1. The minimum atomic E-state index is 0. The minimum Gasteiger partial charge on any atom is -1.00 e. The number of aryl methyl sites for hydroxylation is 2. The smallest absolute Gasteiger partial charge is 1.00 e. The second-order valence-corrected chi connectivity index (χ2v) is 7.81. The fourth-order valence-corrected chi connectivity index (χ4v) is 4.31. The summed E-state index contributed by atoms with van der Waals surface area (Å²) >= 11 is 0. The number of benzene rings is 3. The maximum absolute atomic E-state index is 12.9. The molecule has 0 heterocycles. The van der Waals surface area contributed by atoms with Crippen molar-refractivity contribution in [2.45, 2.75) is 27.7 Å². The van der Waals surface area contributed by atoms with Crippen LogP contribution in [0.5, 0.6) is 0 Å². The second kappa shape index (κ2) is 8.83. The van der Waals surface area contributed by atoms with E-state index >= 15 is 0 Å². The normalized spacial score (nSPS) is 10.8. The van der Waals surface area contributed by atoms with Crippen LogP contribution in [0.4, 0.5) is 0 Å². The largest absolute Gasteiger partial charge is 1.00 e. The van der Waals surface area contributed by atoms with E-state index in [4.69, 9.17) is 0 Å². The van der Waals surface area contributed by atoms with Gasteiger partial charge in [0.05, 0.1) is 0 Å². The van der Waals surface area contributed by atoms with Crippen molar-refractivity contribution in [3.05, 3.63) is 88.5 Å². The summed E-state index contributed by atoms with van der Waals surface area (Å²) in [5.74, 6) is 0. The molecule has 0 aliphatic heterocycles. The summed E-state index contributed by atoms with van der Waals surface area (Å²) in [6.07, 6.45) is 0. The first kappa shape index (κ1) is 20.7. The predicted octanol–water partition coefficient (Wildman–Crippen LogP) is 2.85. The van der Waals surface area contributed by atoms with Gasteiger partial charge < -0.3 is 1.43 Å². The molecule has 3 aromatic rings. The molecule has 0 aliphatic rings. The average Bonchev–Trinajstić information content (AvgIpc) is 2.61. The third-order valence-corrected chi connectivity index (χ3v) is 5.93. The van der Waals surface area contributed by atoms with Gasteiger partial charge in [-0.25, -0.2) is 0 Å². The summed E-state index contributed by atoms with van der Waals surface area (Å²) in [6.45, 7) is 8.30. The van der Waals surface area contributed by atoms with Crippen molar-refractivity contribution in [2.24, 2.45) is 0 Å². The Hall–Kier alpha value is -1.64. The number of hydrogen-bond acceptors (Lipinski definition) is 1. The second-order valence-electron chi connectivity index (χ2n) is 6.53. The molecule has 0 aliphatic carbocycles. The SMILES string of the molecule is Cc1cc(C)c(C(=O)Pc2ccc(-c3ccccc3)cc2)c(C)c1C.[H-].[Li+]. The van der Waals surface area contributed by atoms with Gasteiger partial charge in [-0.2, -0.15) is 0 Å². The van der Waals surface area contributed by atoms with E-state index in [-0.39, 0.29) is 34.4 Å². The zero-order chi connectivity index (χ0) is 18.0. The van der Waals surface area contributed by atoms with E-state index in [1.54, 1.807) is 0 Å². The van der Waals surface area contributed by atoms with E-state index in [0.29, 0.717) is 0 Å². The van der Waals surface area contributed by atoms with Crippen LogP contribution < -0.4 is 24.2 Å². The fourth-order valence-electron chi connectivity index (χ4n) is 3.20. The molecule has 0 amide bonds. The first-order valence-electron chi connectivity index (χ1n) is 8.51. The van der Waals surface area contributed by atoms with E-state index in [0.717, 1.165) is 22.0 Å². The van der Waals surface area contributed by atoms with Crippen molar-refractivity contribution >= 4 is 19.4 Å². The summed E-state index contributed by atoms with van der Waals surface area (Å²) in [4.78, 5) is 12.9. The van der Waals surface area contributed by atoms with Crippen molar-refractivity contribution in [3.63, 3.8) is 0 Å². The van der Waals surface area contributed by atoms with Crippen LogP contribution in [0.25, 0.3) is 11.1 Å². The van der Waals surface area contributed by atoms with Crippen LogP contribution in [-0.2, 0) is 0 Å². The third kappa shape index (κ3) is 4.36. The standard InChI is InChI=1S/C23H23OP.Li.H/c1-15-14-16(2)22(18(4)17(15)3)23(24)25-21-12-10-20(11-13-21)19-8-6-5-7-9-19;;/h5-14,25H,1-4H3;;/q;+1;-1. The number of hydrogen-bond donors (Lipinski definition) is 0. The Balaban J connectivity index is 0.00000182. The van der Waals surface area contributed by atoms with E-state index < -0.39 is 0 Å². The van der Waals surface area contributed by atoms with E-state index in [2.05, 4.69) is 63.2 Å². The van der Waals surface area contributed by atoms with Gasteiger partial charge in [-0.3, -0.25) is 4.79 Å². The molecule has 128 valence electrons. The zero-order valence-corrected chi connectivity index (χ0v) is 17.2. The van der Waals surface area contributed by atoms with Crippen molar-refractivity contribution < 1.29 is 25.1 Å². The zero-order valence-electron chi connectivity index (χ0n) is 17.2. The van der Waals surface area contributed by atoms with Gasteiger partial charge >= 0.3 is 18.9 Å². The summed E-state index contributed by atoms with van der Waals surface area (Å²) in [5, 5.41) is 1.08. The summed E-state index contributed by atoms with van der Waals surface area (Å²) in [6, 6.07) is 20.8. The fraction of sp³-hybridized carbons (Fsp3) is 0.174. The van der Waals surface area contributed by atoms with Gasteiger partial charge in [0.2, 0.25) is 0 Å². The van der Waals surface area contributed by atoms with Crippen molar-refractivity contribution in [1.82, 2.24) is 0 Å². The van der Waals surface area contributed by atoms with Gasteiger partial charge in [-0.15, -0.1) is 0 Å². The molecule has 0 aromatic heterocycles. The van der Waals surface area contributed by atoms with Crippen molar-refractivity contribution in [2.75, 3.05) is 0 Å². The Morgan fingerprint density at radius 2 is 1.35 bits per heavy atom. The van der Waals surface area contributed by atoms with Gasteiger partial charge in [0.15, 0.2) is 5.52 Å². The Bertz CT molecular complexity index is 921. The maximum Gasteiger partial charge on any atom is 1.00 e. The molecule has 26 heavy (non-hydrogen) atoms. The molecule has 0 radical (unpaired) electrons. The molecule has 0 bridgehead atoms. The van der Waals surface area contributed by atoms with Gasteiger partial charge in [-0.05, 0) is 75.0 Å². The Labute approximate surface area is 171 Å². The predicted molar refractivity (Wildman–Crippen MR) is 111 cm³/mol. The topological polar surface area (TPSA) is 17.1 Å². The molecular weight excluding hydrogens is 330 g/mol. The maximum atomic E-state index is 12.9. The van der Waals surface area contributed by atoms with Crippen molar-refractivity contribution in [3.8, 4) is 11.1 Å². The monoisotopic (exact) mass is 354 g/mol. The molecule has 0 spiro atoms. The molecule has 0 saturated carbocycles. The molecule has 3 heteroatoms. The summed E-state index contributed by atoms with van der Waals surface area (Å²) in [7, 11) is 0.157. The molecular formula is C23H24LiOP. The summed E-state index contributed by atoms with van der Waals surface area (Å²) in [5.41, 5.74) is 8.18. The van der Waals surface area contributed by atoms with E-state index in [1.165, 1.54) is 22.3 Å². The van der Waals surface area contributed by atoms with Crippen LogP contribution in [0.3, 0.4) is 0 Å². The van der Waals surface area contributed by atoms with Crippen LogP contribution in [0.15, 0.2) is 60.7 Å². The number of rotatable bonds is 4. The quantitative estimate of drug-likeness (QED) is 0.520. The molecule has 0 fully saturated rings. The number of carbonyl (C=O) groups is 1. The molecule has 0 saturated heterocycles. The molecule has 1 atom stereocenters. The van der Waals surface area contributed by atoms with Gasteiger partial charge in [-0.1, -0.05) is 60.7 Å². The summed E-state index contributed by atoms with van der Waals surface area (Å²) < 4.78 is 0.